The summed E-state index contributed by atoms with van der Waals surface area (Å²) in [6.45, 7) is 8.94. The molecule has 2 rings (SSSR count). The molecule has 3 heteroatoms. The first-order chi connectivity index (χ1) is 8.52. The van der Waals surface area contributed by atoms with Gasteiger partial charge in [0.2, 0.25) is 0 Å². The SMILES string of the molecule is CCC(C)CC(C)n1c(=S)[nH]c2ccc(C)cc21. The Balaban J connectivity index is 2.46. The van der Waals surface area contributed by atoms with Crippen molar-refractivity contribution in [3.63, 3.8) is 0 Å². The minimum absolute atomic E-state index is 0.447. The maximum Gasteiger partial charge on any atom is 0.178 e. The van der Waals surface area contributed by atoms with Crippen molar-refractivity contribution in [3.05, 3.63) is 28.5 Å². The summed E-state index contributed by atoms with van der Waals surface area (Å²) in [5, 5.41) is 0. The van der Waals surface area contributed by atoms with Crippen LogP contribution in [0.3, 0.4) is 0 Å². The number of hydrogen-bond donors (Lipinski definition) is 1. The molecule has 0 spiro atoms. The molecule has 18 heavy (non-hydrogen) atoms. The van der Waals surface area contributed by atoms with Gasteiger partial charge in [-0.3, -0.25) is 0 Å². The summed E-state index contributed by atoms with van der Waals surface area (Å²) in [6, 6.07) is 6.90. The van der Waals surface area contributed by atoms with Gasteiger partial charge >= 0.3 is 0 Å². The molecular formula is C15H22N2S. The van der Waals surface area contributed by atoms with Crippen molar-refractivity contribution in [2.75, 3.05) is 0 Å². The van der Waals surface area contributed by atoms with E-state index in [9.17, 15) is 0 Å². The molecule has 0 radical (unpaired) electrons. The second kappa shape index (κ2) is 5.27. The van der Waals surface area contributed by atoms with Crippen LogP contribution in [0.15, 0.2) is 18.2 Å². The van der Waals surface area contributed by atoms with Gasteiger partial charge in [0.1, 0.15) is 0 Å². The molecule has 1 aromatic heterocycles. The van der Waals surface area contributed by atoms with Gasteiger partial charge in [0.15, 0.2) is 4.77 Å². The first-order valence-electron chi connectivity index (χ1n) is 6.73. The number of rotatable bonds is 4. The van der Waals surface area contributed by atoms with Crippen molar-refractivity contribution in [2.45, 2.75) is 46.6 Å². The summed E-state index contributed by atoms with van der Waals surface area (Å²) in [5.41, 5.74) is 3.65. The van der Waals surface area contributed by atoms with Crippen molar-refractivity contribution in [2.24, 2.45) is 5.92 Å². The number of nitrogens with zero attached hydrogens (tertiary/aromatic N) is 1. The van der Waals surface area contributed by atoms with Crippen LogP contribution >= 0.6 is 12.2 Å². The number of aromatic amines is 1. The van der Waals surface area contributed by atoms with E-state index in [4.69, 9.17) is 12.2 Å². The first-order valence-corrected chi connectivity index (χ1v) is 7.14. The number of H-pyrrole nitrogens is 1. The Morgan fingerprint density at radius 3 is 2.72 bits per heavy atom. The van der Waals surface area contributed by atoms with Crippen LogP contribution in [0, 0.1) is 17.6 Å². The molecule has 0 saturated carbocycles. The molecule has 0 saturated heterocycles. The summed E-state index contributed by atoms with van der Waals surface area (Å²) in [6.07, 6.45) is 2.39. The van der Waals surface area contributed by atoms with Crippen LogP contribution < -0.4 is 0 Å². The number of aromatic nitrogens is 2. The highest BCUT2D eigenvalue weighted by Crippen LogP contribution is 2.25. The molecule has 0 bridgehead atoms. The number of benzene rings is 1. The fourth-order valence-corrected chi connectivity index (χ4v) is 2.91. The molecule has 2 unspecified atom stereocenters. The molecular weight excluding hydrogens is 240 g/mol. The molecule has 0 amide bonds. The molecule has 0 aliphatic carbocycles. The lowest BCUT2D eigenvalue weighted by Gasteiger charge is -2.18. The fraction of sp³-hybridized carbons (Fsp3) is 0.533. The van der Waals surface area contributed by atoms with E-state index in [0.29, 0.717) is 6.04 Å². The van der Waals surface area contributed by atoms with Crippen molar-refractivity contribution in [3.8, 4) is 0 Å². The van der Waals surface area contributed by atoms with Gasteiger partial charge in [-0.1, -0.05) is 26.3 Å². The van der Waals surface area contributed by atoms with E-state index in [2.05, 4.69) is 55.4 Å². The quantitative estimate of drug-likeness (QED) is 0.769. The van der Waals surface area contributed by atoms with Crippen molar-refractivity contribution in [1.82, 2.24) is 9.55 Å². The molecule has 2 aromatic rings. The predicted octanol–water partition coefficient (Wildman–Crippen LogP) is 5.00. The second-order valence-corrected chi connectivity index (χ2v) is 5.81. The summed E-state index contributed by atoms with van der Waals surface area (Å²) < 4.78 is 3.11. The van der Waals surface area contributed by atoms with Crippen LogP contribution in [0.5, 0.6) is 0 Å². The first kappa shape index (κ1) is 13.3. The van der Waals surface area contributed by atoms with E-state index in [1.165, 1.54) is 23.9 Å². The van der Waals surface area contributed by atoms with Gasteiger partial charge in [0, 0.05) is 6.04 Å². The van der Waals surface area contributed by atoms with Gasteiger partial charge in [-0.25, -0.2) is 0 Å². The zero-order valence-electron chi connectivity index (χ0n) is 11.7. The Kier molecular flexibility index (Phi) is 3.91. The highest BCUT2D eigenvalue weighted by Gasteiger charge is 2.13. The standard InChI is InChI=1S/C15H22N2S/c1-5-10(2)8-12(4)17-14-9-11(3)6-7-13(14)16-15(17)18/h6-7,9-10,12H,5,8H2,1-4H3,(H,16,18). The van der Waals surface area contributed by atoms with Crippen LogP contribution in [0.25, 0.3) is 11.0 Å². The van der Waals surface area contributed by atoms with Crippen LogP contribution in [0.1, 0.15) is 45.2 Å². The Bertz CT molecular complexity index is 594. The molecule has 0 aliphatic heterocycles. The van der Waals surface area contributed by atoms with E-state index in [1.54, 1.807) is 0 Å². The second-order valence-electron chi connectivity index (χ2n) is 5.42. The van der Waals surface area contributed by atoms with Crippen molar-refractivity contribution >= 4 is 23.3 Å². The smallest absolute Gasteiger partial charge is 0.178 e. The molecule has 1 aromatic carbocycles. The average Bonchev–Trinajstić information content (AvgIpc) is 2.64. The summed E-state index contributed by atoms with van der Waals surface area (Å²) in [5.74, 6) is 0.733. The van der Waals surface area contributed by atoms with E-state index in [-0.39, 0.29) is 0 Å². The van der Waals surface area contributed by atoms with E-state index >= 15 is 0 Å². The highest BCUT2D eigenvalue weighted by molar-refractivity contribution is 7.71. The van der Waals surface area contributed by atoms with E-state index in [0.717, 1.165) is 16.2 Å². The van der Waals surface area contributed by atoms with Gasteiger partial charge in [-0.15, -0.1) is 0 Å². The largest absolute Gasteiger partial charge is 0.331 e. The lowest BCUT2D eigenvalue weighted by molar-refractivity contribution is 0.402. The number of imidazole rings is 1. The monoisotopic (exact) mass is 262 g/mol. The van der Waals surface area contributed by atoms with E-state index in [1.807, 2.05) is 0 Å². The van der Waals surface area contributed by atoms with Gasteiger partial charge in [0.05, 0.1) is 11.0 Å². The van der Waals surface area contributed by atoms with Gasteiger partial charge < -0.3 is 9.55 Å². The summed E-state index contributed by atoms with van der Waals surface area (Å²) in [4.78, 5) is 3.30. The summed E-state index contributed by atoms with van der Waals surface area (Å²) >= 11 is 5.47. The maximum absolute atomic E-state index is 5.47. The van der Waals surface area contributed by atoms with Gasteiger partial charge in [-0.05, 0) is 56.1 Å². The van der Waals surface area contributed by atoms with Gasteiger partial charge in [-0.2, -0.15) is 0 Å². The maximum atomic E-state index is 5.47. The molecule has 1 heterocycles. The molecule has 0 fully saturated rings. The zero-order chi connectivity index (χ0) is 13.3. The molecule has 2 nitrogen and oxygen atoms in total. The molecule has 2 atom stereocenters. The van der Waals surface area contributed by atoms with Crippen LogP contribution in [-0.4, -0.2) is 9.55 Å². The highest BCUT2D eigenvalue weighted by atomic mass is 32.1. The van der Waals surface area contributed by atoms with Crippen LogP contribution in [-0.2, 0) is 0 Å². The van der Waals surface area contributed by atoms with Crippen molar-refractivity contribution < 1.29 is 0 Å². The molecule has 98 valence electrons. The zero-order valence-corrected chi connectivity index (χ0v) is 12.5. The topological polar surface area (TPSA) is 20.7 Å². The van der Waals surface area contributed by atoms with Crippen LogP contribution in [0.4, 0.5) is 0 Å². The lowest BCUT2D eigenvalue weighted by Crippen LogP contribution is -2.09. The minimum Gasteiger partial charge on any atom is -0.331 e. The Morgan fingerprint density at radius 1 is 1.33 bits per heavy atom. The number of hydrogen-bond acceptors (Lipinski definition) is 1. The third-order valence-corrected chi connectivity index (χ3v) is 4.05. The van der Waals surface area contributed by atoms with Crippen molar-refractivity contribution in [1.29, 1.82) is 0 Å². The van der Waals surface area contributed by atoms with Gasteiger partial charge in [0.25, 0.3) is 0 Å². The fourth-order valence-electron chi connectivity index (χ4n) is 2.52. The Labute approximate surface area is 114 Å². The summed E-state index contributed by atoms with van der Waals surface area (Å²) in [7, 11) is 0. The van der Waals surface area contributed by atoms with Crippen LogP contribution in [0.2, 0.25) is 0 Å². The molecule has 0 aliphatic rings. The molecule has 1 N–H and O–H groups in total. The lowest BCUT2D eigenvalue weighted by atomic mass is 10.00. The Morgan fingerprint density at radius 2 is 2.06 bits per heavy atom. The third kappa shape index (κ3) is 2.51. The third-order valence-electron chi connectivity index (χ3n) is 3.75. The van der Waals surface area contributed by atoms with E-state index < -0.39 is 0 Å². The normalized spacial score (nSPS) is 14.9. The average molecular weight is 262 g/mol. The number of fused-ring (bicyclic) bond motifs is 1. The Hall–Kier alpha value is -1.09. The minimum atomic E-state index is 0.447. The number of aryl methyl sites for hydroxylation is 1. The predicted molar refractivity (Wildman–Crippen MR) is 80.6 cm³/mol. The number of nitrogens with one attached hydrogen (secondary N) is 1.